The molecule has 80 valence electrons. The third-order valence-corrected chi connectivity index (χ3v) is 2.26. The van der Waals surface area contributed by atoms with Crippen molar-refractivity contribution in [2.45, 2.75) is 11.3 Å². The van der Waals surface area contributed by atoms with Gasteiger partial charge < -0.3 is 4.74 Å². The number of esters is 2. The van der Waals surface area contributed by atoms with E-state index >= 15 is 0 Å². The number of carbonyl (C=O) groups is 2. The first-order valence-corrected chi connectivity index (χ1v) is 3.73. The van der Waals surface area contributed by atoms with Gasteiger partial charge in [-0.25, -0.2) is 27.2 Å². The topological polar surface area (TPSA) is 43.4 Å². The Balaban J connectivity index is 2.74. The van der Waals surface area contributed by atoms with E-state index < -0.39 is 34.9 Å². The van der Waals surface area contributed by atoms with E-state index in [0.717, 1.165) is 0 Å². The largest absolute Gasteiger partial charge is 0.387 e. The van der Waals surface area contributed by atoms with E-state index in [4.69, 9.17) is 0 Å². The fourth-order valence-electron chi connectivity index (χ4n) is 1.41. The number of halogens is 4. The summed E-state index contributed by atoms with van der Waals surface area (Å²) in [6.45, 7) is 0. The van der Waals surface area contributed by atoms with Crippen molar-refractivity contribution in [3.8, 4) is 0 Å². The Hall–Kier alpha value is -1.66. The fraction of sp³-hybridized carbons (Fsp3) is 0.250. The van der Waals surface area contributed by atoms with E-state index in [2.05, 4.69) is 4.74 Å². The maximum absolute atomic E-state index is 13.6. The molecule has 0 N–H and O–H groups in total. The molecule has 0 spiro atoms. The van der Waals surface area contributed by atoms with Crippen LogP contribution < -0.4 is 0 Å². The highest BCUT2D eigenvalue weighted by Crippen LogP contribution is 2.51. The summed E-state index contributed by atoms with van der Waals surface area (Å²) in [5.41, 5.74) is -8.08. The Morgan fingerprint density at radius 2 is 1.27 bits per heavy atom. The quantitative estimate of drug-likeness (QED) is 0.351. The van der Waals surface area contributed by atoms with Gasteiger partial charge in [-0.05, 0) is 12.2 Å². The van der Waals surface area contributed by atoms with E-state index in [1.807, 2.05) is 0 Å². The molecule has 0 saturated carbocycles. The molecule has 1 fully saturated rings. The zero-order chi connectivity index (χ0) is 11.4. The number of fused-ring (bicyclic) bond motifs is 1. The van der Waals surface area contributed by atoms with Crippen molar-refractivity contribution in [1.29, 1.82) is 0 Å². The highest BCUT2D eigenvalue weighted by atomic mass is 19.2. The molecule has 0 radical (unpaired) electrons. The van der Waals surface area contributed by atoms with Crippen LogP contribution in [0.15, 0.2) is 23.8 Å². The fourth-order valence-corrected chi connectivity index (χ4v) is 1.41. The van der Waals surface area contributed by atoms with Crippen LogP contribution in [0.1, 0.15) is 0 Å². The van der Waals surface area contributed by atoms with Crippen molar-refractivity contribution in [3.05, 3.63) is 23.8 Å². The Labute approximate surface area is 80.0 Å². The van der Waals surface area contributed by atoms with Crippen LogP contribution in [0, 0.1) is 0 Å². The molecule has 1 aliphatic heterocycles. The number of hydrogen-bond donors (Lipinski definition) is 0. The third-order valence-electron chi connectivity index (χ3n) is 2.26. The Bertz CT molecular complexity index is 401. The molecular weight excluding hydrogens is 220 g/mol. The van der Waals surface area contributed by atoms with Crippen LogP contribution in [0.5, 0.6) is 0 Å². The molecule has 1 aliphatic carbocycles. The van der Waals surface area contributed by atoms with Crippen LogP contribution in [0.25, 0.3) is 0 Å². The van der Waals surface area contributed by atoms with Crippen LogP contribution in [0.2, 0.25) is 0 Å². The molecule has 1 heterocycles. The van der Waals surface area contributed by atoms with Gasteiger partial charge in [0.2, 0.25) is 0 Å². The van der Waals surface area contributed by atoms with Crippen LogP contribution in [0.4, 0.5) is 17.6 Å². The van der Waals surface area contributed by atoms with E-state index in [0.29, 0.717) is 0 Å². The summed E-state index contributed by atoms with van der Waals surface area (Å²) in [6.07, 6.45) is 0.458. The molecule has 0 bridgehead atoms. The Morgan fingerprint density at radius 1 is 0.933 bits per heavy atom. The second-order valence-electron chi connectivity index (χ2n) is 3.02. The normalized spacial score (nSPS) is 39.5. The summed E-state index contributed by atoms with van der Waals surface area (Å²) >= 11 is 0. The second-order valence-corrected chi connectivity index (χ2v) is 3.02. The monoisotopic (exact) mass is 222 g/mol. The van der Waals surface area contributed by atoms with Gasteiger partial charge in [0.25, 0.3) is 0 Å². The lowest BCUT2D eigenvalue weighted by atomic mass is 9.83. The summed E-state index contributed by atoms with van der Waals surface area (Å²) in [6, 6.07) is 0. The molecule has 2 aliphatic rings. The second kappa shape index (κ2) is 2.47. The lowest BCUT2D eigenvalue weighted by molar-refractivity contribution is -0.156. The molecule has 0 aromatic carbocycles. The van der Waals surface area contributed by atoms with E-state index in [-0.39, 0.29) is 12.2 Å². The standard InChI is InChI=1S/C8H2F4O3/c9-3-1-2-4(10)8(12)6(14)15-5(13)7(3,8)11/h1-2H. The van der Waals surface area contributed by atoms with E-state index in [1.54, 1.807) is 0 Å². The lowest BCUT2D eigenvalue weighted by Crippen LogP contribution is -2.52. The summed E-state index contributed by atoms with van der Waals surface area (Å²) in [7, 11) is 0. The van der Waals surface area contributed by atoms with Gasteiger partial charge in [-0.15, -0.1) is 0 Å². The highest BCUT2D eigenvalue weighted by Gasteiger charge is 2.77. The van der Waals surface area contributed by atoms with Crippen molar-refractivity contribution in [1.82, 2.24) is 0 Å². The predicted octanol–water partition coefficient (Wildman–Crippen LogP) is 1.21. The number of ether oxygens (including phenoxy) is 1. The molecule has 15 heavy (non-hydrogen) atoms. The van der Waals surface area contributed by atoms with Gasteiger partial charge in [-0.3, -0.25) is 0 Å². The molecule has 0 aromatic heterocycles. The maximum atomic E-state index is 13.6. The van der Waals surface area contributed by atoms with Gasteiger partial charge in [0.15, 0.2) is 11.7 Å². The van der Waals surface area contributed by atoms with Gasteiger partial charge in [-0.2, -0.15) is 0 Å². The predicted molar refractivity (Wildman–Crippen MR) is 37.2 cm³/mol. The molecule has 7 heteroatoms. The lowest BCUT2D eigenvalue weighted by Gasteiger charge is -2.26. The number of cyclic esters (lactones) is 2. The van der Waals surface area contributed by atoms with Crippen LogP contribution in [-0.4, -0.2) is 23.3 Å². The highest BCUT2D eigenvalue weighted by molar-refractivity contribution is 6.09. The van der Waals surface area contributed by atoms with Crippen LogP contribution in [-0.2, 0) is 14.3 Å². The zero-order valence-corrected chi connectivity index (χ0v) is 6.89. The van der Waals surface area contributed by atoms with Gasteiger partial charge in [0, 0.05) is 0 Å². The zero-order valence-electron chi connectivity index (χ0n) is 6.89. The number of hydrogen-bond acceptors (Lipinski definition) is 3. The number of allylic oxidation sites excluding steroid dienone is 2. The Morgan fingerprint density at radius 3 is 1.60 bits per heavy atom. The average molecular weight is 222 g/mol. The van der Waals surface area contributed by atoms with Gasteiger partial charge in [0.1, 0.15) is 0 Å². The molecule has 2 unspecified atom stereocenters. The SMILES string of the molecule is O=C1OC(=O)C2(F)C(F)=CC=C(F)C12F. The van der Waals surface area contributed by atoms with Crippen molar-refractivity contribution in [3.63, 3.8) is 0 Å². The van der Waals surface area contributed by atoms with E-state index in [9.17, 15) is 27.2 Å². The van der Waals surface area contributed by atoms with Crippen molar-refractivity contribution >= 4 is 11.9 Å². The summed E-state index contributed by atoms with van der Waals surface area (Å²) in [5.74, 6) is -7.98. The summed E-state index contributed by atoms with van der Waals surface area (Å²) in [5, 5.41) is 0. The molecule has 1 saturated heterocycles. The number of rotatable bonds is 0. The molecule has 3 nitrogen and oxygen atoms in total. The van der Waals surface area contributed by atoms with Gasteiger partial charge in [-0.1, -0.05) is 0 Å². The Kier molecular flexibility index (Phi) is 1.63. The third kappa shape index (κ3) is 0.811. The first-order valence-electron chi connectivity index (χ1n) is 3.73. The van der Waals surface area contributed by atoms with E-state index in [1.165, 1.54) is 0 Å². The van der Waals surface area contributed by atoms with Gasteiger partial charge in [0.05, 0.1) is 0 Å². The van der Waals surface area contributed by atoms with Crippen LogP contribution >= 0.6 is 0 Å². The molecular formula is C8H2F4O3. The number of alkyl halides is 2. The summed E-state index contributed by atoms with van der Waals surface area (Å²) in [4.78, 5) is 21.5. The smallest absolute Gasteiger partial charge is 0.363 e. The minimum Gasteiger partial charge on any atom is -0.387 e. The first kappa shape index (κ1) is 9.88. The van der Waals surface area contributed by atoms with Crippen molar-refractivity contribution in [2.24, 2.45) is 0 Å². The molecule has 0 aromatic rings. The molecule has 2 rings (SSSR count). The van der Waals surface area contributed by atoms with Crippen LogP contribution in [0.3, 0.4) is 0 Å². The molecule has 2 atom stereocenters. The van der Waals surface area contributed by atoms with Gasteiger partial charge >= 0.3 is 23.3 Å². The average Bonchev–Trinajstić information content (AvgIpc) is 2.36. The van der Waals surface area contributed by atoms with Crippen molar-refractivity contribution in [2.75, 3.05) is 0 Å². The number of carbonyl (C=O) groups excluding carboxylic acids is 2. The minimum absolute atomic E-state index is 0.229. The minimum atomic E-state index is -4.04. The summed E-state index contributed by atoms with van der Waals surface area (Å²) < 4.78 is 56.7. The van der Waals surface area contributed by atoms with Crippen molar-refractivity contribution < 1.29 is 31.9 Å². The maximum Gasteiger partial charge on any atom is 0.363 e. The first-order chi connectivity index (χ1) is 6.85. The molecule has 0 amide bonds.